The highest BCUT2D eigenvalue weighted by Crippen LogP contribution is 2.29. The van der Waals surface area contributed by atoms with Crippen molar-refractivity contribution in [3.63, 3.8) is 0 Å². The van der Waals surface area contributed by atoms with Gasteiger partial charge in [-0.2, -0.15) is 13.2 Å². The fourth-order valence-electron chi connectivity index (χ4n) is 4.20. The predicted molar refractivity (Wildman–Crippen MR) is 110 cm³/mol. The Bertz CT molecular complexity index is 889. The highest BCUT2D eigenvalue weighted by molar-refractivity contribution is 5.74. The lowest BCUT2D eigenvalue weighted by Crippen LogP contribution is -2.48. The molecule has 1 atom stereocenters. The first-order chi connectivity index (χ1) is 14.8. The van der Waals surface area contributed by atoms with E-state index in [0.717, 1.165) is 50.2 Å². The first-order valence-electron chi connectivity index (χ1n) is 10.6. The molecule has 168 valence electrons. The van der Waals surface area contributed by atoms with Gasteiger partial charge in [-0.1, -0.05) is 0 Å². The first-order valence-corrected chi connectivity index (χ1v) is 10.6. The molecule has 2 aliphatic rings. The van der Waals surface area contributed by atoms with E-state index >= 15 is 0 Å². The largest absolute Gasteiger partial charge is 0.416 e. The number of hydrogen-bond donors (Lipinski definition) is 2. The Kier molecular flexibility index (Phi) is 6.24. The van der Waals surface area contributed by atoms with Crippen LogP contribution in [0.15, 0.2) is 42.7 Å². The van der Waals surface area contributed by atoms with Gasteiger partial charge in [0.15, 0.2) is 0 Å². The minimum absolute atomic E-state index is 0.0939. The lowest BCUT2D eigenvalue weighted by Gasteiger charge is -2.33. The quantitative estimate of drug-likeness (QED) is 0.774. The maximum Gasteiger partial charge on any atom is 0.416 e. The van der Waals surface area contributed by atoms with E-state index in [1.165, 1.54) is 12.1 Å². The van der Waals surface area contributed by atoms with Crippen molar-refractivity contribution in [3.8, 4) is 5.69 Å². The number of rotatable bonds is 4. The molecule has 3 heterocycles. The average Bonchev–Trinajstić information content (AvgIpc) is 3.38. The van der Waals surface area contributed by atoms with E-state index in [0.29, 0.717) is 25.2 Å². The van der Waals surface area contributed by atoms with E-state index < -0.39 is 17.8 Å². The van der Waals surface area contributed by atoms with Gasteiger partial charge in [0.1, 0.15) is 0 Å². The summed E-state index contributed by atoms with van der Waals surface area (Å²) in [5.74, 6) is 0. The molecule has 0 saturated carbocycles. The van der Waals surface area contributed by atoms with Gasteiger partial charge in [-0.3, -0.25) is 4.90 Å². The van der Waals surface area contributed by atoms with E-state index in [-0.39, 0.29) is 12.1 Å². The number of carbonyl (C=O) groups is 1. The van der Waals surface area contributed by atoms with Gasteiger partial charge in [0.25, 0.3) is 0 Å². The maximum absolute atomic E-state index is 12.7. The number of aliphatic hydroxyl groups is 1. The molecule has 2 N–H and O–H groups in total. The molecule has 0 spiro atoms. The molecule has 0 radical (unpaired) electrons. The van der Waals surface area contributed by atoms with Gasteiger partial charge in [-0.05, 0) is 55.2 Å². The summed E-state index contributed by atoms with van der Waals surface area (Å²) in [6, 6.07) is 7.15. The number of carbonyl (C=O) groups excluding carboxylic acids is 1. The topological polar surface area (TPSA) is 60.7 Å². The van der Waals surface area contributed by atoms with E-state index in [1.54, 1.807) is 4.90 Å². The number of β-amino-alcohol motifs (C(OH)–C–C–N with tert-alkyl or cyclic N) is 1. The molecule has 4 rings (SSSR count). The second-order valence-corrected chi connectivity index (χ2v) is 8.36. The van der Waals surface area contributed by atoms with Crippen LogP contribution >= 0.6 is 0 Å². The molecule has 2 saturated heterocycles. The van der Waals surface area contributed by atoms with E-state index in [9.17, 15) is 23.1 Å². The predicted octanol–water partition coefficient (Wildman–Crippen LogP) is 3.24. The minimum atomic E-state index is -4.33. The van der Waals surface area contributed by atoms with Crippen LogP contribution in [0.1, 0.15) is 30.4 Å². The molecule has 1 aromatic carbocycles. The Morgan fingerprint density at radius 1 is 1.06 bits per heavy atom. The zero-order valence-electron chi connectivity index (χ0n) is 17.2. The molecule has 2 aliphatic heterocycles. The van der Waals surface area contributed by atoms with Crippen LogP contribution in [-0.4, -0.2) is 63.8 Å². The summed E-state index contributed by atoms with van der Waals surface area (Å²) in [5.41, 5.74) is 1.13. The van der Waals surface area contributed by atoms with Crippen molar-refractivity contribution in [1.29, 1.82) is 0 Å². The number of hydrogen-bond acceptors (Lipinski definition) is 3. The molecule has 2 fully saturated rings. The Labute approximate surface area is 179 Å². The van der Waals surface area contributed by atoms with Crippen LogP contribution in [0.3, 0.4) is 0 Å². The summed E-state index contributed by atoms with van der Waals surface area (Å²) in [5, 5.41) is 12.6. The number of urea groups is 1. The molecule has 0 bridgehead atoms. The summed E-state index contributed by atoms with van der Waals surface area (Å²) in [6.45, 7) is 3.48. The van der Waals surface area contributed by atoms with Crippen LogP contribution in [0.4, 0.5) is 18.0 Å². The van der Waals surface area contributed by atoms with Gasteiger partial charge in [0.2, 0.25) is 0 Å². The van der Waals surface area contributed by atoms with Crippen LogP contribution in [0, 0.1) is 0 Å². The number of amides is 2. The standard InChI is InChI=1S/C22H27F3N4O2/c23-22(24,25)17-1-3-19(4-2-17)28-11-5-16(14-28)13-27-9-6-18(7-10-27)26-21(31)29-12-8-20(30)15-29/h1-5,11,14,18,20,30H,6-10,12-13,15H2,(H,26,31)/t20-/m1/s1. The van der Waals surface area contributed by atoms with Crippen molar-refractivity contribution in [3.05, 3.63) is 53.9 Å². The number of aromatic nitrogens is 1. The average molecular weight is 436 g/mol. The summed E-state index contributed by atoms with van der Waals surface area (Å²) in [7, 11) is 0. The number of aliphatic hydroxyl groups excluding tert-OH is 1. The normalized spacial score (nSPS) is 20.9. The summed E-state index contributed by atoms with van der Waals surface area (Å²) in [6.07, 6.45) is 1.41. The fraction of sp³-hybridized carbons (Fsp3) is 0.500. The molecule has 1 aromatic heterocycles. The number of alkyl halides is 3. The van der Waals surface area contributed by atoms with Crippen molar-refractivity contribution in [2.45, 2.75) is 44.1 Å². The van der Waals surface area contributed by atoms with Gasteiger partial charge >= 0.3 is 12.2 Å². The third kappa shape index (κ3) is 5.40. The summed E-state index contributed by atoms with van der Waals surface area (Å²) < 4.78 is 40.0. The molecule has 31 heavy (non-hydrogen) atoms. The third-order valence-electron chi connectivity index (χ3n) is 6.02. The van der Waals surface area contributed by atoms with E-state index in [4.69, 9.17) is 0 Å². The lowest BCUT2D eigenvalue weighted by atomic mass is 10.0. The van der Waals surface area contributed by atoms with Crippen LogP contribution in [0.2, 0.25) is 0 Å². The number of piperidine rings is 1. The number of halogens is 3. The SMILES string of the molecule is O=C(NC1CCN(Cc2ccn(-c3ccc(C(F)(F)F)cc3)c2)CC1)N1CC[C@@H](O)C1. The lowest BCUT2D eigenvalue weighted by molar-refractivity contribution is -0.137. The van der Waals surface area contributed by atoms with Crippen molar-refractivity contribution in [2.75, 3.05) is 26.2 Å². The molecular weight excluding hydrogens is 409 g/mol. The highest BCUT2D eigenvalue weighted by atomic mass is 19.4. The minimum Gasteiger partial charge on any atom is -0.391 e. The van der Waals surface area contributed by atoms with Gasteiger partial charge < -0.3 is 19.9 Å². The van der Waals surface area contributed by atoms with Crippen molar-refractivity contribution in [2.24, 2.45) is 0 Å². The smallest absolute Gasteiger partial charge is 0.391 e. The second-order valence-electron chi connectivity index (χ2n) is 8.36. The molecule has 2 amide bonds. The zero-order chi connectivity index (χ0) is 22.0. The Balaban J connectivity index is 1.26. The zero-order valence-corrected chi connectivity index (χ0v) is 17.2. The molecular formula is C22H27F3N4O2. The van der Waals surface area contributed by atoms with Crippen LogP contribution in [0.5, 0.6) is 0 Å². The Morgan fingerprint density at radius 2 is 1.77 bits per heavy atom. The molecule has 9 heteroatoms. The Morgan fingerprint density at radius 3 is 2.39 bits per heavy atom. The number of nitrogens with one attached hydrogen (secondary N) is 1. The van der Waals surface area contributed by atoms with Gasteiger partial charge in [0.05, 0.1) is 11.7 Å². The molecule has 2 aromatic rings. The van der Waals surface area contributed by atoms with Crippen molar-refractivity contribution < 1.29 is 23.1 Å². The third-order valence-corrected chi connectivity index (χ3v) is 6.02. The van der Waals surface area contributed by atoms with Gasteiger partial charge in [0, 0.05) is 56.8 Å². The monoisotopic (exact) mass is 436 g/mol. The number of benzene rings is 1. The van der Waals surface area contributed by atoms with Crippen LogP contribution in [0.25, 0.3) is 5.69 Å². The van der Waals surface area contributed by atoms with E-state index in [2.05, 4.69) is 10.2 Å². The fourth-order valence-corrected chi connectivity index (χ4v) is 4.20. The summed E-state index contributed by atoms with van der Waals surface area (Å²) >= 11 is 0. The molecule has 0 aliphatic carbocycles. The van der Waals surface area contributed by atoms with Crippen LogP contribution in [-0.2, 0) is 12.7 Å². The van der Waals surface area contributed by atoms with Crippen molar-refractivity contribution in [1.82, 2.24) is 19.7 Å². The van der Waals surface area contributed by atoms with Crippen molar-refractivity contribution >= 4 is 6.03 Å². The second kappa shape index (κ2) is 8.92. The van der Waals surface area contributed by atoms with Gasteiger partial charge in [-0.15, -0.1) is 0 Å². The highest BCUT2D eigenvalue weighted by Gasteiger charge is 2.30. The van der Waals surface area contributed by atoms with E-state index in [1.807, 2.05) is 23.0 Å². The van der Waals surface area contributed by atoms with Gasteiger partial charge in [-0.25, -0.2) is 4.79 Å². The first kappa shape index (κ1) is 21.7. The number of nitrogens with zero attached hydrogens (tertiary/aromatic N) is 3. The maximum atomic E-state index is 12.7. The summed E-state index contributed by atoms with van der Waals surface area (Å²) in [4.78, 5) is 16.3. The Hall–Kier alpha value is -2.52. The molecule has 6 nitrogen and oxygen atoms in total. The number of likely N-dealkylation sites (tertiary alicyclic amines) is 2. The van der Waals surface area contributed by atoms with Crippen LogP contribution < -0.4 is 5.32 Å². The molecule has 0 unspecified atom stereocenters.